The fourth-order valence-electron chi connectivity index (χ4n) is 4.80. The maximum Gasteiger partial charge on any atom is 0.330 e. The molecule has 3 aromatic heterocycles. The van der Waals surface area contributed by atoms with E-state index < -0.39 is 5.69 Å². The van der Waals surface area contributed by atoms with Gasteiger partial charge in [0.2, 0.25) is 0 Å². The van der Waals surface area contributed by atoms with Gasteiger partial charge in [-0.15, -0.1) is 5.10 Å². The summed E-state index contributed by atoms with van der Waals surface area (Å²) in [7, 11) is 0. The van der Waals surface area contributed by atoms with Crippen molar-refractivity contribution in [2.45, 2.75) is 59.5 Å². The van der Waals surface area contributed by atoms with E-state index in [4.69, 9.17) is 4.98 Å². The molecule has 2 N–H and O–H groups in total. The molecule has 3 heterocycles. The third-order valence-electron chi connectivity index (χ3n) is 6.65. The number of rotatable bonds is 10. The van der Waals surface area contributed by atoms with Crippen LogP contribution in [0.15, 0.2) is 58.1 Å². The minimum atomic E-state index is -0.411. The highest BCUT2D eigenvalue weighted by atomic mass is 16.2. The first kappa shape index (κ1) is 25.3. The first-order valence-corrected chi connectivity index (χ1v) is 13.1. The van der Waals surface area contributed by atoms with Crippen molar-refractivity contribution in [2.24, 2.45) is 5.92 Å². The number of hydrogen-bond acceptors (Lipinski definition) is 6. The molecule has 196 valence electrons. The SMILES string of the molecule is CCCCCc1nc2[nH]c(=O)n(CC(C)C)c(=O)c2n1Cc1ccc(-c2ccccc2-c2nnn[nH]2)cc1. The number of nitrogens with one attached hydrogen (secondary N) is 2. The highest BCUT2D eigenvalue weighted by Gasteiger charge is 2.19. The second-order valence-corrected chi connectivity index (χ2v) is 10.0. The molecule has 0 saturated heterocycles. The summed E-state index contributed by atoms with van der Waals surface area (Å²) >= 11 is 0. The quantitative estimate of drug-likeness (QED) is 0.270. The van der Waals surface area contributed by atoms with Gasteiger partial charge in [0.25, 0.3) is 5.56 Å². The predicted octanol–water partition coefficient (Wildman–Crippen LogP) is 4.17. The van der Waals surface area contributed by atoms with Crippen LogP contribution >= 0.6 is 0 Å². The lowest BCUT2D eigenvalue weighted by molar-refractivity contribution is 0.494. The summed E-state index contributed by atoms with van der Waals surface area (Å²) in [5.41, 5.74) is 4.09. The molecule has 0 radical (unpaired) electrons. The zero-order chi connectivity index (χ0) is 26.6. The van der Waals surface area contributed by atoms with Crippen molar-refractivity contribution in [3.05, 3.63) is 80.8 Å². The Morgan fingerprint density at radius 1 is 0.947 bits per heavy atom. The zero-order valence-electron chi connectivity index (χ0n) is 21.9. The van der Waals surface area contributed by atoms with E-state index in [-0.39, 0.29) is 11.5 Å². The van der Waals surface area contributed by atoms with Gasteiger partial charge in [0.1, 0.15) is 5.82 Å². The van der Waals surface area contributed by atoms with Gasteiger partial charge in [0.05, 0.1) is 0 Å². The Balaban J connectivity index is 1.53. The Bertz CT molecular complexity index is 1640. The van der Waals surface area contributed by atoms with Crippen LogP contribution in [0.3, 0.4) is 0 Å². The smallest absolute Gasteiger partial charge is 0.318 e. The summed E-state index contributed by atoms with van der Waals surface area (Å²) in [4.78, 5) is 33.7. The summed E-state index contributed by atoms with van der Waals surface area (Å²) < 4.78 is 3.27. The Morgan fingerprint density at radius 3 is 2.39 bits per heavy atom. The number of benzene rings is 2. The number of fused-ring (bicyclic) bond motifs is 1. The number of tetrazole rings is 1. The van der Waals surface area contributed by atoms with Gasteiger partial charge < -0.3 is 4.57 Å². The number of aromatic nitrogens is 8. The topological polar surface area (TPSA) is 127 Å². The second kappa shape index (κ2) is 11.0. The van der Waals surface area contributed by atoms with E-state index >= 15 is 0 Å². The van der Waals surface area contributed by atoms with Crippen molar-refractivity contribution < 1.29 is 0 Å². The molecule has 0 spiro atoms. The summed E-state index contributed by atoms with van der Waals surface area (Å²) in [6.45, 7) is 6.97. The van der Waals surface area contributed by atoms with Crippen LogP contribution < -0.4 is 11.2 Å². The molecule has 0 amide bonds. The molecule has 0 aliphatic carbocycles. The van der Waals surface area contributed by atoms with E-state index in [1.165, 1.54) is 4.57 Å². The third-order valence-corrected chi connectivity index (χ3v) is 6.65. The largest absolute Gasteiger partial charge is 0.330 e. The van der Waals surface area contributed by atoms with Crippen LogP contribution in [0.25, 0.3) is 33.7 Å². The first-order valence-electron chi connectivity index (χ1n) is 13.1. The summed E-state index contributed by atoms with van der Waals surface area (Å²) in [6, 6.07) is 16.2. The van der Waals surface area contributed by atoms with E-state index in [1.54, 1.807) is 0 Å². The van der Waals surface area contributed by atoms with Crippen molar-refractivity contribution in [2.75, 3.05) is 0 Å². The summed E-state index contributed by atoms with van der Waals surface area (Å²) in [5.74, 6) is 1.59. The number of unbranched alkanes of at least 4 members (excludes halogenated alkanes) is 2. The van der Waals surface area contributed by atoms with Gasteiger partial charge in [-0.05, 0) is 39.5 Å². The Morgan fingerprint density at radius 2 is 1.71 bits per heavy atom. The van der Waals surface area contributed by atoms with Crippen LogP contribution in [-0.2, 0) is 19.5 Å². The zero-order valence-corrected chi connectivity index (χ0v) is 21.9. The normalized spacial score (nSPS) is 11.6. The van der Waals surface area contributed by atoms with Crippen LogP contribution in [0.1, 0.15) is 51.4 Å². The van der Waals surface area contributed by atoms with Crippen molar-refractivity contribution >= 4 is 11.2 Å². The third kappa shape index (κ3) is 5.06. The van der Waals surface area contributed by atoms with Gasteiger partial charge in [-0.3, -0.25) is 14.3 Å². The van der Waals surface area contributed by atoms with E-state index in [1.807, 2.05) is 42.7 Å². The minimum Gasteiger partial charge on any atom is -0.318 e. The van der Waals surface area contributed by atoms with Crippen LogP contribution in [0.4, 0.5) is 0 Å². The molecular formula is C28H32N8O2. The maximum atomic E-state index is 13.5. The highest BCUT2D eigenvalue weighted by Crippen LogP contribution is 2.30. The van der Waals surface area contributed by atoms with E-state index in [0.29, 0.717) is 30.1 Å². The first-order chi connectivity index (χ1) is 18.5. The Labute approximate surface area is 219 Å². The molecule has 10 heteroatoms. The van der Waals surface area contributed by atoms with E-state index in [9.17, 15) is 9.59 Å². The van der Waals surface area contributed by atoms with E-state index in [0.717, 1.165) is 53.8 Å². The molecular weight excluding hydrogens is 480 g/mol. The molecule has 0 unspecified atom stereocenters. The van der Waals surface area contributed by atoms with Crippen molar-refractivity contribution in [1.29, 1.82) is 0 Å². The Kier molecular flexibility index (Phi) is 7.30. The molecule has 5 aromatic rings. The van der Waals surface area contributed by atoms with Gasteiger partial charge in [-0.2, -0.15) is 0 Å². The Hall–Kier alpha value is -4.34. The van der Waals surface area contributed by atoms with Crippen molar-refractivity contribution in [1.82, 2.24) is 39.7 Å². The molecule has 0 bridgehead atoms. The number of nitrogens with zero attached hydrogens (tertiary/aromatic N) is 6. The average Bonchev–Trinajstić information content (AvgIpc) is 3.56. The standard InChI is InChI=1S/C28H32N8O2/c1-4-5-6-11-23-29-26-24(27(37)36(16-18(2)3)28(38)30-26)35(23)17-19-12-14-20(15-13-19)21-9-7-8-10-22(21)25-31-33-34-32-25/h7-10,12-15,18H,4-6,11,16-17H2,1-3H3,(H,30,38)(H,31,32,33,34). The fraction of sp³-hybridized carbons (Fsp3) is 0.357. The number of aryl methyl sites for hydroxylation is 1. The number of imidazole rings is 1. The molecule has 0 aliphatic heterocycles. The van der Waals surface area contributed by atoms with Crippen LogP contribution in [0.5, 0.6) is 0 Å². The highest BCUT2D eigenvalue weighted by molar-refractivity contribution is 5.80. The number of aromatic amines is 2. The molecule has 38 heavy (non-hydrogen) atoms. The molecule has 0 fully saturated rings. The average molecular weight is 513 g/mol. The van der Waals surface area contributed by atoms with Gasteiger partial charge in [-0.25, -0.2) is 14.9 Å². The minimum absolute atomic E-state index is 0.162. The molecule has 10 nitrogen and oxygen atoms in total. The van der Waals surface area contributed by atoms with Crippen LogP contribution in [0, 0.1) is 5.92 Å². The summed E-state index contributed by atoms with van der Waals surface area (Å²) in [5, 5.41) is 14.3. The molecule has 0 atom stereocenters. The van der Waals surface area contributed by atoms with Gasteiger partial charge in [0, 0.05) is 25.1 Å². The predicted molar refractivity (Wildman–Crippen MR) is 147 cm³/mol. The van der Waals surface area contributed by atoms with Crippen LogP contribution in [0.2, 0.25) is 0 Å². The lowest BCUT2D eigenvalue weighted by atomic mass is 9.98. The van der Waals surface area contributed by atoms with Crippen LogP contribution in [-0.4, -0.2) is 39.7 Å². The lowest BCUT2D eigenvalue weighted by Gasteiger charge is -2.12. The fourth-order valence-corrected chi connectivity index (χ4v) is 4.80. The molecule has 2 aromatic carbocycles. The maximum absolute atomic E-state index is 13.5. The number of hydrogen-bond donors (Lipinski definition) is 2. The van der Waals surface area contributed by atoms with Gasteiger partial charge in [0.15, 0.2) is 17.0 Å². The lowest BCUT2D eigenvalue weighted by Crippen LogP contribution is -2.37. The van der Waals surface area contributed by atoms with Crippen molar-refractivity contribution in [3.63, 3.8) is 0 Å². The van der Waals surface area contributed by atoms with Gasteiger partial charge >= 0.3 is 5.69 Å². The summed E-state index contributed by atoms with van der Waals surface area (Å²) in [6.07, 6.45) is 3.87. The van der Waals surface area contributed by atoms with E-state index in [2.05, 4.69) is 56.8 Å². The molecule has 0 saturated carbocycles. The molecule has 5 rings (SSSR count). The number of H-pyrrole nitrogens is 2. The molecule has 0 aliphatic rings. The van der Waals surface area contributed by atoms with Crippen molar-refractivity contribution in [3.8, 4) is 22.5 Å². The monoisotopic (exact) mass is 512 g/mol. The van der Waals surface area contributed by atoms with Gasteiger partial charge in [-0.1, -0.05) is 82.1 Å². The second-order valence-electron chi connectivity index (χ2n) is 10.0.